The first-order valence-electron chi connectivity index (χ1n) is 11.3. The molecule has 0 spiro atoms. The first-order valence-corrected chi connectivity index (χ1v) is 11.3. The first-order chi connectivity index (χ1) is 15.3. The molecular weight excluding hydrogens is 430 g/mol. The maximum Gasteiger partial charge on any atom is 0.326 e. The van der Waals surface area contributed by atoms with Crippen LogP contribution in [-0.2, 0) is 19.2 Å². The monoisotopic (exact) mass is 471 g/mol. The maximum absolute atomic E-state index is 12.8. The maximum atomic E-state index is 12.8. The summed E-state index contributed by atoms with van der Waals surface area (Å²) in [6, 6.07) is -3.83. The highest BCUT2D eigenvalue weighted by molar-refractivity contribution is 5.94. The number of aliphatic imine (C=N–C) groups is 1. The van der Waals surface area contributed by atoms with Crippen molar-refractivity contribution in [1.82, 2.24) is 16.0 Å². The van der Waals surface area contributed by atoms with E-state index in [0.717, 1.165) is 0 Å². The molecule has 190 valence electrons. The Labute approximate surface area is 195 Å². The van der Waals surface area contributed by atoms with Crippen LogP contribution in [-0.4, -0.2) is 65.5 Å². The third kappa shape index (κ3) is 11.0. The highest BCUT2D eigenvalue weighted by Crippen LogP contribution is 2.11. The minimum atomic E-state index is -1.21. The molecule has 0 saturated heterocycles. The van der Waals surface area contributed by atoms with Crippen LogP contribution in [0.15, 0.2) is 4.99 Å². The van der Waals surface area contributed by atoms with Gasteiger partial charge in [0.2, 0.25) is 17.7 Å². The van der Waals surface area contributed by atoms with Crippen LogP contribution < -0.4 is 33.2 Å². The van der Waals surface area contributed by atoms with Gasteiger partial charge in [-0.2, -0.15) is 0 Å². The third-order valence-electron chi connectivity index (χ3n) is 5.66. The molecule has 12 nitrogen and oxygen atoms in total. The number of carboxylic acid groups (broad SMARTS) is 1. The number of rotatable bonds is 15. The van der Waals surface area contributed by atoms with Crippen molar-refractivity contribution in [3.8, 4) is 0 Å². The number of guanidine groups is 1. The van der Waals surface area contributed by atoms with Crippen molar-refractivity contribution in [1.29, 1.82) is 0 Å². The fourth-order valence-electron chi connectivity index (χ4n) is 2.89. The van der Waals surface area contributed by atoms with Crippen molar-refractivity contribution in [3.63, 3.8) is 0 Å². The van der Waals surface area contributed by atoms with Gasteiger partial charge in [0.25, 0.3) is 0 Å². The number of aliphatic carboxylic acids is 1. The second-order valence-electron chi connectivity index (χ2n) is 8.36. The SMILES string of the molecule is CCC(C)C(N)C(=O)NC(C(=O)NC(C)C(=O)NC(CCCN=C(N)N)C(=O)O)C(C)CC. The smallest absolute Gasteiger partial charge is 0.326 e. The number of hydrogen-bond acceptors (Lipinski definition) is 6. The molecule has 0 rings (SSSR count). The predicted octanol–water partition coefficient (Wildman–Crippen LogP) is -0.982. The first kappa shape index (κ1) is 30.1. The van der Waals surface area contributed by atoms with Crippen molar-refractivity contribution in [2.24, 2.45) is 34.0 Å². The molecule has 0 aromatic heterocycles. The fraction of sp³-hybridized carbons (Fsp3) is 0.762. The summed E-state index contributed by atoms with van der Waals surface area (Å²) >= 11 is 0. The van der Waals surface area contributed by atoms with Gasteiger partial charge in [0.15, 0.2) is 5.96 Å². The Morgan fingerprint density at radius 3 is 1.94 bits per heavy atom. The zero-order valence-corrected chi connectivity index (χ0v) is 20.3. The minimum absolute atomic E-state index is 0.0599. The van der Waals surface area contributed by atoms with E-state index in [4.69, 9.17) is 17.2 Å². The molecule has 0 fully saturated rings. The van der Waals surface area contributed by atoms with E-state index in [-0.39, 0.29) is 30.8 Å². The molecule has 33 heavy (non-hydrogen) atoms. The van der Waals surface area contributed by atoms with E-state index in [9.17, 15) is 24.3 Å². The molecule has 6 unspecified atom stereocenters. The van der Waals surface area contributed by atoms with Crippen LogP contribution in [0.4, 0.5) is 0 Å². The topological polar surface area (TPSA) is 215 Å². The van der Waals surface area contributed by atoms with Crippen LogP contribution >= 0.6 is 0 Å². The zero-order valence-electron chi connectivity index (χ0n) is 20.3. The van der Waals surface area contributed by atoms with Crippen LogP contribution in [0.2, 0.25) is 0 Å². The van der Waals surface area contributed by atoms with Gasteiger partial charge in [-0.3, -0.25) is 19.4 Å². The van der Waals surface area contributed by atoms with Gasteiger partial charge >= 0.3 is 5.97 Å². The average molecular weight is 472 g/mol. The number of amides is 3. The number of carbonyl (C=O) groups excluding carboxylic acids is 3. The summed E-state index contributed by atoms with van der Waals surface area (Å²) in [5.74, 6) is -3.23. The Morgan fingerprint density at radius 2 is 1.45 bits per heavy atom. The molecule has 6 atom stereocenters. The van der Waals surface area contributed by atoms with Crippen molar-refractivity contribution in [3.05, 3.63) is 0 Å². The highest BCUT2D eigenvalue weighted by Gasteiger charge is 2.31. The van der Waals surface area contributed by atoms with Crippen molar-refractivity contribution in [2.45, 2.75) is 84.5 Å². The molecule has 0 aliphatic heterocycles. The molecule has 12 heteroatoms. The number of carboxylic acids is 1. The zero-order chi connectivity index (χ0) is 25.7. The van der Waals surface area contributed by atoms with Crippen molar-refractivity contribution in [2.75, 3.05) is 6.54 Å². The highest BCUT2D eigenvalue weighted by atomic mass is 16.4. The molecule has 0 heterocycles. The number of hydrogen-bond donors (Lipinski definition) is 7. The quantitative estimate of drug-likeness (QED) is 0.0892. The number of nitrogens with one attached hydrogen (secondary N) is 3. The van der Waals surface area contributed by atoms with Crippen LogP contribution in [0.3, 0.4) is 0 Å². The van der Waals surface area contributed by atoms with E-state index in [1.54, 1.807) is 6.92 Å². The van der Waals surface area contributed by atoms with E-state index in [2.05, 4.69) is 20.9 Å². The van der Waals surface area contributed by atoms with Gasteiger partial charge in [-0.1, -0.05) is 40.5 Å². The Hall–Kier alpha value is -2.89. The van der Waals surface area contributed by atoms with E-state index >= 15 is 0 Å². The van der Waals surface area contributed by atoms with Gasteiger partial charge in [0.05, 0.1) is 6.04 Å². The van der Waals surface area contributed by atoms with E-state index in [1.807, 2.05) is 20.8 Å². The van der Waals surface area contributed by atoms with Gasteiger partial charge in [0.1, 0.15) is 18.1 Å². The second-order valence-corrected chi connectivity index (χ2v) is 8.36. The van der Waals surface area contributed by atoms with Gasteiger partial charge < -0.3 is 38.3 Å². The van der Waals surface area contributed by atoms with E-state index in [1.165, 1.54) is 6.92 Å². The molecule has 3 amide bonds. The second kappa shape index (κ2) is 15.0. The lowest BCUT2D eigenvalue weighted by Crippen LogP contribution is -2.58. The number of nitrogens with two attached hydrogens (primary N) is 3. The Bertz CT molecular complexity index is 696. The normalized spacial score (nSPS) is 16.3. The summed E-state index contributed by atoms with van der Waals surface area (Å²) in [5, 5.41) is 17.0. The third-order valence-corrected chi connectivity index (χ3v) is 5.66. The molecule has 0 aromatic rings. The Kier molecular flexibility index (Phi) is 13.7. The standard InChI is InChI=1S/C21H41N7O5/c1-6-11(3)15(22)18(30)28-16(12(4)7-2)19(31)26-13(5)17(29)27-14(20(32)33)9-8-10-25-21(23)24/h11-16H,6-10,22H2,1-5H3,(H,26,31)(H,27,29)(H,28,30)(H,32,33)(H4,23,24,25). The summed E-state index contributed by atoms with van der Waals surface area (Å²) in [6.45, 7) is 9.12. The molecular formula is C21H41N7O5. The predicted molar refractivity (Wildman–Crippen MR) is 126 cm³/mol. The number of nitrogens with zero attached hydrogens (tertiary/aromatic N) is 1. The van der Waals surface area contributed by atoms with Gasteiger partial charge in [0, 0.05) is 6.54 Å². The average Bonchev–Trinajstić information content (AvgIpc) is 2.76. The van der Waals surface area contributed by atoms with Crippen LogP contribution in [0.5, 0.6) is 0 Å². The van der Waals surface area contributed by atoms with Crippen molar-refractivity contribution >= 4 is 29.7 Å². The summed E-state index contributed by atoms with van der Waals surface area (Å²) in [4.78, 5) is 53.1. The van der Waals surface area contributed by atoms with E-state index in [0.29, 0.717) is 19.3 Å². The molecule has 0 saturated carbocycles. The molecule has 10 N–H and O–H groups in total. The minimum Gasteiger partial charge on any atom is -0.480 e. The lowest BCUT2D eigenvalue weighted by atomic mass is 9.95. The molecule has 0 aliphatic carbocycles. The van der Waals surface area contributed by atoms with E-state index < -0.39 is 47.9 Å². The Morgan fingerprint density at radius 1 is 0.879 bits per heavy atom. The molecule has 0 bridgehead atoms. The molecule has 0 radical (unpaired) electrons. The fourth-order valence-corrected chi connectivity index (χ4v) is 2.89. The summed E-state index contributed by atoms with van der Waals surface area (Å²) in [5.41, 5.74) is 16.4. The van der Waals surface area contributed by atoms with Gasteiger partial charge in [-0.25, -0.2) is 4.79 Å². The lowest BCUT2D eigenvalue weighted by molar-refractivity contribution is -0.142. The lowest BCUT2D eigenvalue weighted by Gasteiger charge is -2.28. The summed E-state index contributed by atoms with van der Waals surface area (Å²) in [6.07, 6.45) is 1.77. The molecule has 0 aliphatic rings. The van der Waals surface area contributed by atoms with Gasteiger partial charge in [-0.15, -0.1) is 0 Å². The summed E-state index contributed by atoms with van der Waals surface area (Å²) in [7, 11) is 0. The van der Waals surface area contributed by atoms with Crippen LogP contribution in [0.25, 0.3) is 0 Å². The van der Waals surface area contributed by atoms with Crippen molar-refractivity contribution < 1.29 is 24.3 Å². The van der Waals surface area contributed by atoms with Crippen LogP contribution in [0, 0.1) is 11.8 Å². The summed E-state index contributed by atoms with van der Waals surface area (Å²) < 4.78 is 0. The number of carbonyl (C=O) groups is 4. The largest absolute Gasteiger partial charge is 0.480 e. The molecule has 0 aromatic carbocycles. The van der Waals surface area contributed by atoms with Crippen LogP contribution in [0.1, 0.15) is 60.3 Å². The van der Waals surface area contributed by atoms with Gasteiger partial charge in [-0.05, 0) is 31.6 Å². The Balaban J connectivity index is 5.09.